The van der Waals surface area contributed by atoms with Crippen LogP contribution in [0.5, 0.6) is 5.75 Å². The molecule has 0 unspecified atom stereocenters. The topological polar surface area (TPSA) is 74.6 Å². The largest absolute Gasteiger partial charge is 0.507 e. The molecule has 0 bridgehead atoms. The molecule has 2 rings (SSSR count). The molecule has 0 saturated carbocycles. The number of carbonyl (C=O) groups excluding carboxylic acids is 1. The second-order valence-electron chi connectivity index (χ2n) is 3.70. The van der Waals surface area contributed by atoms with Gasteiger partial charge in [0.25, 0.3) is 0 Å². The van der Waals surface area contributed by atoms with Crippen molar-refractivity contribution in [1.29, 1.82) is 0 Å². The number of aromatic carboxylic acids is 1. The molecule has 2 aromatic rings. The molecule has 0 aliphatic rings. The normalized spacial score (nSPS) is 10.0. The van der Waals surface area contributed by atoms with E-state index in [4.69, 9.17) is 5.11 Å². The fourth-order valence-electron chi connectivity index (χ4n) is 1.68. The van der Waals surface area contributed by atoms with Crippen LogP contribution in [0.25, 0.3) is 0 Å². The Morgan fingerprint density at radius 2 is 1.28 bits per heavy atom. The standard InChI is InChI=1S/C14H10O4/c15-12-8-4-3-7-11(12)13(16)9-5-1-2-6-10(9)14(17)18/h1-8,15H,(H,17,18). The number of phenols is 1. The number of carboxylic acid groups (broad SMARTS) is 1. The minimum Gasteiger partial charge on any atom is -0.507 e. The van der Waals surface area contributed by atoms with Crippen LogP contribution < -0.4 is 0 Å². The third kappa shape index (κ3) is 2.08. The first kappa shape index (κ1) is 11.9. The fourth-order valence-corrected chi connectivity index (χ4v) is 1.68. The Labute approximate surface area is 103 Å². The highest BCUT2D eigenvalue weighted by molar-refractivity contribution is 6.15. The number of carboxylic acids is 1. The van der Waals surface area contributed by atoms with E-state index in [9.17, 15) is 14.7 Å². The summed E-state index contributed by atoms with van der Waals surface area (Å²) in [6, 6.07) is 12.0. The molecule has 0 fully saturated rings. The molecule has 0 saturated heterocycles. The lowest BCUT2D eigenvalue weighted by Gasteiger charge is -2.06. The third-order valence-corrected chi connectivity index (χ3v) is 2.55. The summed E-state index contributed by atoms with van der Waals surface area (Å²) in [5, 5.41) is 18.6. The van der Waals surface area contributed by atoms with Gasteiger partial charge in [-0.25, -0.2) is 4.79 Å². The van der Waals surface area contributed by atoms with Gasteiger partial charge < -0.3 is 10.2 Å². The third-order valence-electron chi connectivity index (χ3n) is 2.55. The maximum atomic E-state index is 12.2. The summed E-state index contributed by atoms with van der Waals surface area (Å²) in [6.07, 6.45) is 0. The molecule has 0 amide bonds. The van der Waals surface area contributed by atoms with E-state index >= 15 is 0 Å². The molecule has 4 heteroatoms. The number of hydrogen-bond acceptors (Lipinski definition) is 3. The minimum atomic E-state index is -1.17. The van der Waals surface area contributed by atoms with Crippen molar-refractivity contribution in [3.63, 3.8) is 0 Å². The smallest absolute Gasteiger partial charge is 0.336 e. The quantitative estimate of drug-likeness (QED) is 0.810. The summed E-state index contributed by atoms with van der Waals surface area (Å²) in [7, 11) is 0. The molecule has 2 N–H and O–H groups in total. The lowest BCUT2D eigenvalue weighted by molar-refractivity contribution is 0.0692. The molecule has 0 spiro atoms. The summed E-state index contributed by atoms with van der Waals surface area (Å²) in [4.78, 5) is 23.2. The zero-order chi connectivity index (χ0) is 13.1. The Balaban J connectivity index is 2.54. The molecule has 0 aliphatic carbocycles. The number of aromatic hydroxyl groups is 1. The van der Waals surface area contributed by atoms with Crippen LogP contribution in [-0.2, 0) is 0 Å². The van der Waals surface area contributed by atoms with Crippen LogP contribution >= 0.6 is 0 Å². The van der Waals surface area contributed by atoms with E-state index in [1.807, 2.05) is 0 Å². The molecule has 90 valence electrons. The SMILES string of the molecule is O=C(O)c1ccccc1C(=O)c1ccccc1O. The van der Waals surface area contributed by atoms with Gasteiger partial charge in [0.2, 0.25) is 0 Å². The minimum absolute atomic E-state index is 0.0616. The van der Waals surface area contributed by atoms with E-state index in [0.717, 1.165) is 0 Å². The van der Waals surface area contributed by atoms with Crippen LogP contribution in [0, 0.1) is 0 Å². The van der Waals surface area contributed by atoms with Gasteiger partial charge in [-0.15, -0.1) is 0 Å². The van der Waals surface area contributed by atoms with E-state index < -0.39 is 11.8 Å². The van der Waals surface area contributed by atoms with Gasteiger partial charge in [0.15, 0.2) is 5.78 Å². The van der Waals surface area contributed by atoms with Crippen LogP contribution in [-0.4, -0.2) is 22.0 Å². The van der Waals surface area contributed by atoms with Crippen LogP contribution in [0.15, 0.2) is 48.5 Å². The summed E-state index contributed by atoms with van der Waals surface area (Å²) in [5.74, 6) is -1.84. The van der Waals surface area contributed by atoms with Gasteiger partial charge in [-0.05, 0) is 18.2 Å². The summed E-state index contributed by atoms with van der Waals surface area (Å²) < 4.78 is 0. The van der Waals surface area contributed by atoms with E-state index in [-0.39, 0.29) is 22.4 Å². The molecule has 0 aliphatic heterocycles. The highest BCUT2D eigenvalue weighted by atomic mass is 16.4. The average molecular weight is 242 g/mol. The number of hydrogen-bond donors (Lipinski definition) is 2. The van der Waals surface area contributed by atoms with E-state index in [0.29, 0.717) is 0 Å². The lowest BCUT2D eigenvalue weighted by Crippen LogP contribution is -2.09. The van der Waals surface area contributed by atoms with Crippen molar-refractivity contribution in [2.45, 2.75) is 0 Å². The van der Waals surface area contributed by atoms with Crippen molar-refractivity contribution in [1.82, 2.24) is 0 Å². The highest BCUT2D eigenvalue weighted by Crippen LogP contribution is 2.21. The van der Waals surface area contributed by atoms with Gasteiger partial charge in [-0.1, -0.05) is 30.3 Å². The molecular weight excluding hydrogens is 232 g/mol. The Morgan fingerprint density at radius 3 is 1.83 bits per heavy atom. The molecule has 0 aromatic heterocycles. The zero-order valence-electron chi connectivity index (χ0n) is 9.33. The highest BCUT2D eigenvalue weighted by Gasteiger charge is 2.19. The predicted molar refractivity (Wildman–Crippen MR) is 64.9 cm³/mol. The summed E-state index contributed by atoms with van der Waals surface area (Å²) >= 11 is 0. The monoisotopic (exact) mass is 242 g/mol. The number of carbonyl (C=O) groups is 2. The number of rotatable bonds is 3. The molecule has 0 atom stereocenters. The molecule has 18 heavy (non-hydrogen) atoms. The van der Waals surface area contributed by atoms with Gasteiger partial charge in [0.05, 0.1) is 11.1 Å². The maximum absolute atomic E-state index is 12.2. The van der Waals surface area contributed by atoms with E-state index in [1.165, 1.54) is 24.3 Å². The summed E-state index contributed by atoms with van der Waals surface area (Å²) in [5.41, 5.74) is 0.0726. The number of ketones is 1. The average Bonchev–Trinajstić information content (AvgIpc) is 2.38. The van der Waals surface area contributed by atoms with Crippen molar-refractivity contribution in [2.75, 3.05) is 0 Å². The number of para-hydroxylation sites is 1. The van der Waals surface area contributed by atoms with Crippen LogP contribution in [0.4, 0.5) is 0 Å². The molecule has 2 aromatic carbocycles. The Kier molecular flexibility index (Phi) is 3.10. The van der Waals surface area contributed by atoms with Gasteiger partial charge in [-0.3, -0.25) is 4.79 Å². The van der Waals surface area contributed by atoms with Gasteiger partial charge in [0, 0.05) is 5.56 Å². The second kappa shape index (κ2) is 4.71. The maximum Gasteiger partial charge on any atom is 0.336 e. The van der Waals surface area contributed by atoms with Crippen molar-refractivity contribution in [3.8, 4) is 5.75 Å². The molecule has 4 nitrogen and oxygen atoms in total. The van der Waals surface area contributed by atoms with Crippen molar-refractivity contribution in [2.24, 2.45) is 0 Å². The summed E-state index contributed by atoms with van der Waals surface area (Å²) in [6.45, 7) is 0. The van der Waals surface area contributed by atoms with Crippen LogP contribution in [0.1, 0.15) is 26.3 Å². The first-order valence-corrected chi connectivity index (χ1v) is 5.26. The zero-order valence-corrected chi connectivity index (χ0v) is 9.33. The molecule has 0 heterocycles. The van der Waals surface area contributed by atoms with Crippen LogP contribution in [0.2, 0.25) is 0 Å². The Bertz CT molecular complexity index is 617. The number of benzene rings is 2. The molecular formula is C14H10O4. The van der Waals surface area contributed by atoms with Gasteiger partial charge in [0.1, 0.15) is 5.75 Å². The lowest BCUT2D eigenvalue weighted by atomic mass is 9.98. The van der Waals surface area contributed by atoms with E-state index in [1.54, 1.807) is 24.3 Å². The Morgan fingerprint density at radius 1 is 0.778 bits per heavy atom. The first-order chi connectivity index (χ1) is 8.61. The second-order valence-corrected chi connectivity index (χ2v) is 3.70. The van der Waals surface area contributed by atoms with Gasteiger partial charge in [-0.2, -0.15) is 0 Å². The Hall–Kier alpha value is -2.62. The van der Waals surface area contributed by atoms with Crippen molar-refractivity contribution in [3.05, 3.63) is 65.2 Å². The van der Waals surface area contributed by atoms with E-state index in [2.05, 4.69) is 0 Å². The van der Waals surface area contributed by atoms with Crippen molar-refractivity contribution < 1.29 is 19.8 Å². The fraction of sp³-hybridized carbons (Fsp3) is 0. The van der Waals surface area contributed by atoms with Gasteiger partial charge >= 0.3 is 5.97 Å². The van der Waals surface area contributed by atoms with Crippen molar-refractivity contribution >= 4 is 11.8 Å². The predicted octanol–water partition coefficient (Wildman–Crippen LogP) is 2.32. The molecule has 0 radical (unpaired) electrons. The first-order valence-electron chi connectivity index (χ1n) is 5.26. The van der Waals surface area contributed by atoms with Crippen LogP contribution in [0.3, 0.4) is 0 Å². The number of phenolic OH excluding ortho intramolecular Hbond substituents is 1.